The molecule has 2 aromatic carbocycles. The minimum absolute atomic E-state index is 0.181. The molecule has 0 saturated heterocycles. The molecule has 2 atom stereocenters. The fraction of sp³-hybridized carbons (Fsp3) is 0.308. The Balaban J connectivity index is 1.79. The lowest BCUT2D eigenvalue weighted by Crippen LogP contribution is -2.43. The lowest BCUT2D eigenvalue weighted by molar-refractivity contribution is -0.142. The van der Waals surface area contributed by atoms with Crippen LogP contribution in [0.2, 0.25) is 0 Å². The van der Waals surface area contributed by atoms with E-state index in [4.69, 9.17) is 14.2 Å². The molecule has 11 nitrogen and oxygen atoms in total. The third kappa shape index (κ3) is 5.29. The third-order valence-corrected chi connectivity index (χ3v) is 10.4. The zero-order valence-corrected chi connectivity index (χ0v) is 23.6. The van der Waals surface area contributed by atoms with E-state index in [1.165, 1.54) is 51.7 Å². The summed E-state index contributed by atoms with van der Waals surface area (Å²) in [6, 6.07) is 10.1. The second-order valence-electron chi connectivity index (χ2n) is 8.50. The van der Waals surface area contributed by atoms with Gasteiger partial charge in [-0.2, -0.15) is 9.98 Å². The normalized spacial score (nSPS) is 16.9. The molecule has 0 spiro atoms. The molecule has 206 valence electrons. The van der Waals surface area contributed by atoms with E-state index >= 15 is 0 Å². The van der Waals surface area contributed by atoms with E-state index in [0.717, 1.165) is 5.56 Å². The molecule has 4 rings (SSSR count). The summed E-state index contributed by atoms with van der Waals surface area (Å²) in [4.78, 5) is 24.4. The molecule has 0 aliphatic carbocycles. The van der Waals surface area contributed by atoms with Crippen molar-refractivity contribution >= 4 is 27.0 Å². The molecule has 13 heteroatoms. The first kappa shape index (κ1) is 28.3. The SMILES string of the molecule is COC(=O)COc1ccc(S(=O)(=O)C2([S+]([O-])Cc3ncc(C)c(OC)c3C)N=c3ccc(OC)cc3=N2)cc1. The van der Waals surface area contributed by atoms with Gasteiger partial charge in [0.1, 0.15) is 17.2 Å². The van der Waals surface area contributed by atoms with Crippen LogP contribution in [0.1, 0.15) is 16.8 Å². The molecule has 2 unspecified atom stereocenters. The van der Waals surface area contributed by atoms with Crippen LogP contribution in [0, 0.1) is 13.8 Å². The van der Waals surface area contributed by atoms with E-state index in [-0.39, 0.29) is 33.7 Å². The van der Waals surface area contributed by atoms with Gasteiger partial charge in [-0.05, 0) is 50.2 Å². The van der Waals surface area contributed by atoms with Gasteiger partial charge in [-0.1, -0.05) is 0 Å². The van der Waals surface area contributed by atoms with E-state index in [1.54, 1.807) is 25.3 Å². The monoisotopic (exact) mass is 573 g/mol. The highest BCUT2D eigenvalue weighted by atomic mass is 32.3. The minimum atomic E-state index is -4.48. The summed E-state index contributed by atoms with van der Waals surface area (Å²) in [6.45, 7) is 3.25. The zero-order valence-electron chi connectivity index (χ0n) is 22.0. The number of sulfone groups is 1. The number of carbonyl (C=O) groups excluding carboxylic acids is 1. The summed E-state index contributed by atoms with van der Waals surface area (Å²) in [5.74, 6) is 0.424. The predicted octanol–water partition coefficient (Wildman–Crippen LogP) is 1.55. The van der Waals surface area contributed by atoms with Gasteiger partial charge in [0.2, 0.25) is 0 Å². The molecule has 1 aromatic heterocycles. The number of aromatic nitrogens is 1. The van der Waals surface area contributed by atoms with Crippen molar-refractivity contribution in [3.63, 3.8) is 0 Å². The van der Waals surface area contributed by atoms with Gasteiger partial charge >= 0.3 is 10.3 Å². The van der Waals surface area contributed by atoms with Crippen LogP contribution in [0.5, 0.6) is 17.2 Å². The number of benzene rings is 2. The van der Waals surface area contributed by atoms with E-state index in [0.29, 0.717) is 22.8 Å². The van der Waals surface area contributed by atoms with Crippen molar-refractivity contribution in [1.82, 2.24) is 4.98 Å². The van der Waals surface area contributed by atoms with Gasteiger partial charge in [0, 0.05) is 34.6 Å². The van der Waals surface area contributed by atoms with Crippen LogP contribution >= 0.6 is 0 Å². The smallest absolute Gasteiger partial charge is 0.420 e. The first-order chi connectivity index (χ1) is 18.6. The number of rotatable bonds is 10. The van der Waals surface area contributed by atoms with Gasteiger partial charge in [0.25, 0.3) is 9.84 Å². The standard InChI is InChI=1S/C26H27N3O8S2/c1-16-13-27-23(17(2)25(16)36-5)15-38(31)26(28-21-11-8-19(34-3)12-22(21)29-26)39(32,33)20-9-6-18(7-10-20)37-14-24(30)35-4/h6-13H,14-15H2,1-5H3. The van der Waals surface area contributed by atoms with E-state index < -0.39 is 31.3 Å². The Morgan fingerprint density at radius 1 is 0.974 bits per heavy atom. The highest BCUT2D eigenvalue weighted by Crippen LogP contribution is 2.38. The summed E-state index contributed by atoms with van der Waals surface area (Å²) < 4.78 is 60.5. The number of esters is 1. The van der Waals surface area contributed by atoms with Crippen molar-refractivity contribution < 1.29 is 36.7 Å². The molecule has 1 aliphatic rings. The number of nitrogens with zero attached hydrogens (tertiary/aromatic N) is 3. The molecule has 3 aromatic rings. The fourth-order valence-electron chi connectivity index (χ4n) is 3.99. The summed E-state index contributed by atoms with van der Waals surface area (Å²) in [6.07, 6.45) is 1.58. The van der Waals surface area contributed by atoms with Crippen molar-refractivity contribution in [3.8, 4) is 17.2 Å². The minimum Gasteiger partial charge on any atom is -0.612 e. The molecule has 0 N–H and O–H groups in total. The number of aryl methyl sites for hydroxylation is 1. The quantitative estimate of drug-likeness (QED) is 0.260. The number of pyridine rings is 1. The van der Waals surface area contributed by atoms with Crippen molar-refractivity contribution in [2.24, 2.45) is 9.98 Å². The van der Waals surface area contributed by atoms with Gasteiger partial charge in [0.15, 0.2) is 12.4 Å². The second-order valence-corrected chi connectivity index (χ2v) is 12.4. The Bertz CT molecular complexity index is 1630. The first-order valence-corrected chi connectivity index (χ1v) is 14.4. The lowest BCUT2D eigenvalue weighted by Gasteiger charge is -2.26. The van der Waals surface area contributed by atoms with Crippen molar-refractivity contribution in [3.05, 3.63) is 76.2 Å². The summed E-state index contributed by atoms with van der Waals surface area (Å²) in [5, 5.41) is 0.493. The summed E-state index contributed by atoms with van der Waals surface area (Å²) in [5.41, 5.74) is 1.83. The molecule has 0 fully saturated rings. The number of methoxy groups -OCH3 is 3. The Morgan fingerprint density at radius 2 is 1.64 bits per heavy atom. The van der Waals surface area contributed by atoms with Crippen molar-refractivity contribution in [2.75, 3.05) is 27.9 Å². The number of hydrogen-bond donors (Lipinski definition) is 0. The molecule has 0 bridgehead atoms. The van der Waals surface area contributed by atoms with Crippen molar-refractivity contribution in [2.45, 2.75) is 28.8 Å². The average molecular weight is 574 g/mol. The Kier molecular flexibility index (Phi) is 8.14. The maximum Gasteiger partial charge on any atom is 0.420 e. The molecule has 1 aliphatic heterocycles. The van der Waals surface area contributed by atoms with Gasteiger partial charge in [-0.3, -0.25) is 4.98 Å². The highest BCUT2D eigenvalue weighted by Gasteiger charge is 2.57. The number of ether oxygens (including phenoxy) is 4. The fourth-order valence-corrected chi connectivity index (χ4v) is 7.80. The maximum absolute atomic E-state index is 14.1. The van der Waals surface area contributed by atoms with Crippen LogP contribution in [0.15, 0.2) is 63.5 Å². The first-order valence-electron chi connectivity index (χ1n) is 11.6. The predicted molar refractivity (Wildman–Crippen MR) is 141 cm³/mol. The Morgan fingerprint density at radius 3 is 2.28 bits per heavy atom. The van der Waals surface area contributed by atoms with Crippen LogP contribution in [-0.4, -0.2) is 56.2 Å². The third-order valence-electron chi connectivity index (χ3n) is 6.09. The van der Waals surface area contributed by atoms with E-state index in [1.807, 2.05) is 6.92 Å². The van der Waals surface area contributed by atoms with E-state index in [9.17, 15) is 17.8 Å². The summed E-state index contributed by atoms with van der Waals surface area (Å²) >= 11 is -2.23. The van der Waals surface area contributed by atoms with Crippen LogP contribution in [0.4, 0.5) is 0 Å². The molecule has 39 heavy (non-hydrogen) atoms. The average Bonchev–Trinajstić information content (AvgIpc) is 3.34. The number of carbonyl (C=O) groups is 1. The highest BCUT2D eigenvalue weighted by molar-refractivity contribution is 8.10. The Labute approximate surface area is 228 Å². The van der Waals surface area contributed by atoms with Crippen LogP contribution in [0.3, 0.4) is 0 Å². The van der Waals surface area contributed by atoms with Crippen LogP contribution < -0.4 is 24.9 Å². The number of fused-ring (bicyclic) bond motifs is 1. The molecule has 0 amide bonds. The van der Waals surface area contributed by atoms with Crippen molar-refractivity contribution in [1.29, 1.82) is 0 Å². The van der Waals surface area contributed by atoms with Gasteiger partial charge in [0.05, 0.1) is 42.6 Å². The van der Waals surface area contributed by atoms with Gasteiger partial charge in [-0.15, -0.1) is 0 Å². The topological polar surface area (TPSA) is 149 Å². The molecule has 2 heterocycles. The molecular formula is C26H27N3O8S2. The Hall–Kier alpha value is -3.68. The van der Waals surface area contributed by atoms with E-state index in [2.05, 4.69) is 19.7 Å². The van der Waals surface area contributed by atoms with Gasteiger partial charge < -0.3 is 23.5 Å². The van der Waals surface area contributed by atoms with Crippen LogP contribution in [0.25, 0.3) is 0 Å². The zero-order chi connectivity index (χ0) is 28.4. The van der Waals surface area contributed by atoms with Gasteiger partial charge in [-0.25, -0.2) is 13.2 Å². The lowest BCUT2D eigenvalue weighted by atomic mass is 10.1. The van der Waals surface area contributed by atoms with Crippen LogP contribution in [-0.2, 0) is 36.3 Å². The number of hydrogen-bond acceptors (Lipinski definition) is 11. The molecular weight excluding hydrogens is 546 g/mol. The molecule has 0 saturated carbocycles. The second kappa shape index (κ2) is 11.2. The maximum atomic E-state index is 14.1. The molecule has 0 radical (unpaired) electrons. The largest absolute Gasteiger partial charge is 0.612 e. The summed E-state index contributed by atoms with van der Waals surface area (Å²) in [7, 11) is -0.256.